The van der Waals surface area contributed by atoms with E-state index in [1.807, 2.05) is 12.1 Å². The van der Waals surface area contributed by atoms with Crippen molar-refractivity contribution < 1.29 is 13.5 Å². The van der Waals surface area contributed by atoms with Crippen LogP contribution in [0.4, 0.5) is 0 Å². The summed E-state index contributed by atoms with van der Waals surface area (Å²) in [5.74, 6) is 0. The summed E-state index contributed by atoms with van der Waals surface area (Å²) in [6.07, 6.45) is 1.55. The molecule has 5 heteroatoms. The largest absolute Gasteiger partial charge is 0.395 e. The number of fused-ring (bicyclic) bond motifs is 3. The Kier molecular flexibility index (Phi) is 2.11. The lowest BCUT2D eigenvalue weighted by Crippen LogP contribution is -2.34. The van der Waals surface area contributed by atoms with Crippen molar-refractivity contribution in [1.82, 2.24) is 4.31 Å². The third-order valence-electron chi connectivity index (χ3n) is 3.48. The normalized spacial score (nSPS) is 31.3. The van der Waals surface area contributed by atoms with Gasteiger partial charge < -0.3 is 5.11 Å². The first kappa shape index (κ1) is 10.3. The van der Waals surface area contributed by atoms with E-state index in [0.717, 1.165) is 18.4 Å². The lowest BCUT2D eigenvalue weighted by atomic mass is 10.1. The first-order chi connectivity index (χ1) is 7.66. The number of rotatable bonds is 1. The maximum absolute atomic E-state index is 12.2. The summed E-state index contributed by atoms with van der Waals surface area (Å²) in [6, 6.07) is 6.83. The van der Waals surface area contributed by atoms with Crippen LogP contribution in [0.2, 0.25) is 0 Å². The second-order valence-corrected chi connectivity index (χ2v) is 6.11. The lowest BCUT2D eigenvalue weighted by molar-refractivity contribution is 0.202. The second-order valence-electron chi connectivity index (χ2n) is 4.30. The van der Waals surface area contributed by atoms with Crippen molar-refractivity contribution in [2.24, 2.45) is 0 Å². The van der Waals surface area contributed by atoms with Gasteiger partial charge in [-0.3, -0.25) is 0 Å². The van der Waals surface area contributed by atoms with E-state index in [2.05, 4.69) is 0 Å². The van der Waals surface area contributed by atoms with Gasteiger partial charge in [-0.15, -0.1) is 0 Å². The maximum Gasteiger partial charge on any atom is 0.244 e. The number of aliphatic hydroxyl groups excluding tert-OH is 1. The quantitative estimate of drug-likeness (QED) is 0.791. The number of hydrogen-bond acceptors (Lipinski definition) is 3. The second kappa shape index (κ2) is 3.29. The van der Waals surface area contributed by atoms with E-state index in [9.17, 15) is 13.5 Å². The predicted octanol–water partition coefficient (Wildman–Crippen LogP) is 0.887. The van der Waals surface area contributed by atoms with Crippen LogP contribution in [-0.4, -0.2) is 30.5 Å². The van der Waals surface area contributed by atoms with Crippen molar-refractivity contribution in [2.45, 2.75) is 29.8 Å². The van der Waals surface area contributed by atoms with Gasteiger partial charge in [0.1, 0.15) is 0 Å². The zero-order valence-electron chi connectivity index (χ0n) is 8.70. The van der Waals surface area contributed by atoms with Crippen LogP contribution in [0, 0.1) is 0 Å². The molecular formula is C11H13NO3S. The van der Waals surface area contributed by atoms with Crippen molar-refractivity contribution >= 4 is 10.0 Å². The van der Waals surface area contributed by atoms with Crippen molar-refractivity contribution in [2.75, 3.05) is 6.61 Å². The van der Waals surface area contributed by atoms with E-state index in [-0.39, 0.29) is 18.7 Å². The predicted molar refractivity (Wildman–Crippen MR) is 58.3 cm³/mol. The molecule has 1 N–H and O–H groups in total. The van der Waals surface area contributed by atoms with E-state index in [1.54, 1.807) is 12.1 Å². The number of benzene rings is 1. The maximum atomic E-state index is 12.2. The first-order valence-corrected chi connectivity index (χ1v) is 6.83. The molecule has 3 rings (SSSR count). The fraction of sp³-hybridized carbons (Fsp3) is 0.455. The summed E-state index contributed by atoms with van der Waals surface area (Å²) in [5.41, 5.74) is 0.887. The Morgan fingerprint density at radius 3 is 2.81 bits per heavy atom. The zero-order chi connectivity index (χ0) is 11.3. The van der Waals surface area contributed by atoms with Crippen LogP contribution in [0.1, 0.15) is 24.4 Å². The molecule has 1 aromatic rings. The molecule has 0 amide bonds. The minimum absolute atomic E-state index is 0.0571. The Morgan fingerprint density at radius 2 is 2.06 bits per heavy atom. The molecule has 1 saturated heterocycles. The molecule has 0 saturated carbocycles. The summed E-state index contributed by atoms with van der Waals surface area (Å²) in [4.78, 5) is 0.415. The summed E-state index contributed by atoms with van der Waals surface area (Å²) < 4.78 is 26.0. The molecule has 0 aromatic heterocycles. The molecule has 16 heavy (non-hydrogen) atoms. The van der Waals surface area contributed by atoms with Gasteiger partial charge in [0, 0.05) is 6.04 Å². The third-order valence-corrected chi connectivity index (χ3v) is 5.52. The molecule has 86 valence electrons. The number of hydrogen-bond donors (Lipinski definition) is 1. The molecule has 2 aliphatic heterocycles. The van der Waals surface area contributed by atoms with Gasteiger partial charge in [0.25, 0.3) is 0 Å². The highest BCUT2D eigenvalue weighted by atomic mass is 32.2. The Labute approximate surface area is 94.6 Å². The Balaban J connectivity index is 2.20. The van der Waals surface area contributed by atoms with Crippen LogP contribution in [0.15, 0.2) is 29.2 Å². The molecule has 1 aromatic carbocycles. The SMILES string of the molecule is O=S1(=O)c2ccccc2[C@H]2CC[C@@H](CO)N21. The fourth-order valence-corrected chi connectivity index (χ4v) is 4.89. The number of sulfonamides is 1. The smallest absolute Gasteiger partial charge is 0.244 e. The average Bonchev–Trinajstić information content (AvgIpc) is 2.80. The average molecular weight is 239 g/mol. The van der Waals surface area contributed by atoms with Gasteiger partial charge in [0.05, 0.1) is 17.5 Å². The molecule has 1 fully saturated rings. The molecule has 0 bridgehead atoms. The highest BCUT2D eigenvalue weighted by Crippen LogP contribution is 2.47. The monoisotopic (exact) mass is 239 g/mol. The van der Waals surface area contributed by atoms with Crippen molar-refractivity contribution in [3.8, 4) is 0 Å². The van der Waals surface area contributed by atoms with Gasteiger partial charge >= 0.3 is 0 Å². The highest BCUT2D eigenvalue weighted by molar-refractivity contribution is 7.89. The Morgan fingerprint density at radius 1 is 1.31 bits per heavy atom. The molecule has 2 heterocycles. The van der Waals surface area contributed by atoms with Crippen LogP contribution in [0.5, 0.6) is 0 Å². The summed E-state index contributed by atoms with van der Waals surface area (Å²) >= 11 is 0. The molecule has 0 aliphatic carbocycles. The topological polar surface area (TPSA) is 57.6 Å². The van der Waals surface area contributed by atoms with Crippen LogP contribution >= 0.6 is 0 Å². The van der Waals surface area contributed by atoms with Gasteiger partial charge in [-0.2, -0.15) is 4.31 Å². The van der Waals surface area contributed by atoms with E-state index in [4.69, 9.17) is 0 Å². The molecule has 0 spiro atoms. The van der Waals surface area contributed by atoms with Gasteiger partial charge in [0.2, 0.25) is 10.0 Å². The Hall–Kier alpha value is -0.910. The molecular weight excluding hydrogens is 226 g/mol. The van der Waals surface area contributed by atoms with E-state index in [0.29, 0.717) is 4.90 Å². The van der Waals surface area contributed by atoms with Gasteiger partial charge in [0.15, 0.2) is 0 Å². The molecule has 4 nitrogen and oxygen atoms in total. The Bertz CT molecular complexity index is 526. The standard InChI is InChI=1S/C11H13NO3S/c13-7-8-5-6-10-9-3-1-2-4-11(9)16(14,15)12(8)10/h1-4,8,10,13H,5-7H2/t8-,10+/m0/s1. The summed E-state index contributed by atoms with van der Waals surface area (Å²) in [6.45, 7) is -0.0935. The van der Waals surface area contributed by atoms with E-state index >= 15 is 0 Å². The minimum Gasteiger partial charge on any atom is -0.395 e. The van der Waals surface area contributed by atoms with Gasteiger partial charge in [-0.1, -0.05) is 18.2 Å². The van der Waals surface area contributed by atoms with Gasteiger partial charge in [-0.25, -0.2) is 8.42 Å². The molecule has 0 unspecified atom stereocenters. The fourth-order valence-electron chi connectivity index (χ4n) is 2.79. The summed E-state index contributed by atoms with van der Waals surface area (Å²) in [7, 11) is -3.37. The van der Waals surface area contributed by atoms with Crippen LogP contribution in [-0.2, 0) is 10.0 Å². The molecule has 0 radical (unpaired) electrons. The van der Waals surface area contributed by atoms with E-state index in [1.165, 1.54) is 4.31 Å². The number of nitrogens with zero attached hydrogens (tertiary/aromatic N) is 1. The van der Waals surface area contributed by atoms with Crippen molar-refractivity contribution in [3.05, 3.63) is 29.8 Å². The summed E-state index contributed by atoms with van der Waals surface area (Å²) in [5, 5.41) is 9.22. The highest BCUT2D eigenvalue weighted by Gasteiger charge is 2.49. The van der Waals surface area contributed by atoms with Crippen LogP contribution in [0.3, 0.4) is 0 Å². The first-order valence-electron chi connectivity index (χ1n) is 5.39. The van der Waals surface area contributed by atoms with Gasteiger partial charge in [-0.05, 0) is 24.5 Å². The number of aliphatic hydroxyl groups is 1. The molecule has 2 aliphatic rings. The van der Waals surface area contributed by atoms with Crippen molar-refractivity contribution in [3.63, 3.8) is 0 Å². The lowest BCUT2D eigenvalue weighted by Gasteiger charge is -2.20. The minimum atomic E-state index is -3.37. The van der Waals surface area contributed by atoms with Crippen molar-refractivity contribution in [1.29, 1.82) is 0 Å². The van der Waals surface area contributed by atoms with E-state index < -0.39 is 10.0 Å². The third kappa shape index (κ3) is 1.13. The van der Waals surface area contributed by atoms with Crippen LogP contribution < -0.4 is 0 Å². The molecule has 2 atom stereocenters. The zero-order valence-corrected chi connectivity index (χ0v) is 9.52. The van der Waals surface area contributed by atoms with Crippen LogP contribution in [0.25, 0.3) is 0 Å².